The first-order chi connectivity index (χ1) is 15.8. The summed E-state index contributed by atoms with van der Waals surface area (Å²) in [6.07, 6.45) is 11.0. The minimum atomic E-state index is 0. The van der Waals surface area contributed by atoms with Gasteiger partial charge in [-0.15, -0.1) is 27.8 Å². The van der Waals surface area contributed by atoms with Gasteiger partial charge in [-0.1, -0.05) is 109 Å². The molecule has 2 aromatic carbocycles. The normalized spacial score (nSPS) is 13.6. The van der Waals surface area contributed by atoms with E-state index in [9.17, 15) is 0 Å². The van der Waals surface area contributed by atoms with Crippen molar-refractivity contribution in [2.75, 3.05) is 0 Å². The minimum Gasteiger partial charge on any atom is -1.00 e. The zero-order valence-corrected chi connectivity index (χ0v) is 27.9. The average molecular weight is 602 g/mol. The Morgan fingerprint density at radius 2 is 1.50 bits per heavy atom. The third-order valence-corrected chi connectivity index (χ3v) is 6.79. The fourth-order valence-electron chi connectivity index (χ4n) is 5.20. The molecule has 0 heterocycles. The summed E-state index contributed by atoms with van der Waals surface area (Å²) in [5, 5.41) is 0. The zero-order chi connectivity index (χ0) is 25.4. The van der Waals surface area contributed by atoms with Crippen LogP contribution in [0.4, 0.5) is 0 Å². The SMILES string of the molecule is CCc1cc(C(C)(C)C)cc2c1-c1c([c-]c(C(C)(C)C)c(C3=CC=CC3)c1CC)C2.C[C](C)=[Zr+2].[Cl-].[Cl-]. The maximum atomic E-state index is 3.97. The van der Waals surface area contributed by atoms with Gasteiger partial charge in [0.15, 0.2) is 0 Å². The van der Waals surface area contributed by atoms with Gasteiger partial charge in [0, 0.05) is 0 Å². The van der Waals surface area contributed by atoms with Gasteiger partial charge < -0.3 is 24.8 Å². The summed E-state index contributed by atoms with van der Waals surface area (Å²) < 4.78 is 1.51. The van der Waals surface area contributed by atoms with Crippen LogP contribution in [0.15, 0.2) is 30.4 Å². The molecule has 0 unspecified atom stereocenters. The van der Waals surface area contributed by atoms with Crippen LogP contribution in [0.3, 0.4) is 0 Å². The molecule has 2 aliphatic rings. The molecular formula is C33H43Cl2Zr-. The predicted molar refractivity (Wildman–Crippen MR) is 148 cm³/mol. The molecule has 2 aliphatic carbocycles. The molecule has 0 atom stereocenters. The van der Waals surface area contributed by atoms with Crippen molar-refractivity contribution in [3.8, 4) is 11.1 Å². The van der Waals surface area contributed by atoms with Gasteiger partial charge in [-0.05, 0) is 41.2 Å². The fourth-order valence-corrected chi connectivity index (χ4v) is 5.20. The third-order valence-electron chi connectivity index (χ3n) is 6.79. The first-order valence-electron chi connectivity index (χ1n) is 13.0. The van der Waals surface area contributed by atoms with Gasteiger partial charge in [0.1, 0.15) is 0 Å². The van der Waals surface area contributed by atoms with E-state index in [1.165, 1.54) is 53.3 Å². The van der Waals surface area contributed by atoms with Crippen LogP contribution in [0.1, 0.15) is 115 Å². The number of allylic oxidation sites excluding steroid dienone is 4. The number of hydrogen-bond donors (Lipinski definition) is 0. The molecule has 3 heteroatoms. The van der Waals surface area contributed by atoms with Gasteiger partial charge in [-0.25, -0.2) is 0 Å². The molecule has 0 fully saturated rings. The molecule has 0 bridgehead atoms. The summed E-state index contributed by atoms with van der Waals surface area (Å²) in [4.78, 5) is 0. The number of hydrogen-bond acceptors (Lipinski definition) is 0. The van der Waals surface area contributed by atoms with Gasteiger partial charge in [0.05, 0.1) is 0 Å². The standard InChI is InChI=1S/C30H37.C3H6.2ClH.Zr/c1-9-19-16-23(29(3,4)5)17-21-15-22-18-25(30(6,7)8)27(20-13-11-12-14-20)24(10-2)28(22)26(19)21;1-3-2;;;/h11-13,16-17H,9-10,14-15H2,1-8H3;1-2H3;2*1H;/q-1;;;;+2/p-2. The molecule has 36 heavy (non-hydrogen) atoms. The molecule has 194 valence electrons. The van der Waals surface area contributed by atoms with Gasteiger partial charge in [-0.2, -0.15) is 6.07 Å². The van der Waals surface area contributed by atoms with Crippen LogP contribution < -0.4 is 24.8 Å². The molecule has 0 saturated carbocycles. The van der Waals surface area contributed by atoms with Gasteiger partial charge in [0.25, 0.3) is 0 Å². The predicted octanol–water partition coefficient (Wildman–Crippen LogP) is 2.87. The maximum absolute atomic E-state index is 3.97. The van der Waals surface area contributed by atoms with Crippen LogP contribution in [0.2, 0.25) is 0 Å². The van der Waals surface area contributed by atoms with Crippen molar-refractivity contribution < 1.29 is 49.0 Å². The second-order valence-electron chi connectivity index (χ2n) is 12.1. The van der Waals surface area contributed by atoms with E-state index in [2.05, 4.69) is 106 Å². The number of aryl methyl sites for hydroxylation is 1. The van der Waals surface area contributed by atoms with Crippen molar-refractivity contribution >= 4 is 8.78 Å². The largest absolute Gasteiger partial charge is 1.00 e. The van der Waals surface area contributed by atoms with Crippen molar-refractivity contribution in [1.82, 2.24) is 0 Å². The summed E-state index contributed by atoms with van der Waals surface area (Å²) in [7, 11) is 0. The maximum Gasteiger partial charge on any atom is -1.00 e. The molecule has 2 aromatic rings. The Labute approximate surface area is 248 Å². The van der Waals surface area contributed by atoms with Crippen LogP contribution in [0.5, 0.6) is 0 Å². The minimum absolute atomic E-state index is 0. The molecule has 4 rings (SSSR count). The Bertz CT molecular complexity index is 1160. The Morgan fingerprint density at radius 3 is 1.94 bits per heavy atom. The van der Waals surface area contributed by atoms with Crippen molar-refractivity contribution in [2.24, 2.45) is 0 Å². The number of benzene rings is 2. The van der Waals surface area contributed by atoms with Crippen LogP contribution >= 0.6 is 0 Å². The topological polar surface area (TPSA) is 0 Å². The molecule has 0 nitrogen and oxygen atoms in total. The fraction of sp³-hybridized carbons (Fsp3) is 0.485. The van der Waals surface area contributed by atoms with Crippen molar-refractivity contribution in [3.05, 3.63) is 75.4 Å². The number of halogens is 2. The number of fused-ring (bicyclic) bond motifs is 3. The third kappa shape index (κ3) is 7.01. The van der Waals surface area contributed by atoms with E-state index in [4.69, 9.17) is 0 Å². The molecule has 0 saturated heterocycles. The first kappa shape index (κ1) is 33.3. The quantitative estimate of drug-likeness (QED) is 0.406. The molecule has 0 aliphatic heterocycles. The second-order valence-corrected chi connectivity index (χ2v) is 14.5. The molecule has 0 N–H and O–H groups in total. The second kappa shape index (κ2) is 12.9. The van der Waals surface area contributed by atoms with Gasteiger partial charge >= 0.3 is 41.3 Å². The molecule has 0 radical (unpaired) electrons. The first-order valence-corrected chi connectivity index (χ1v) is 14.2. The molecular weight excluding hydrogens is 558 g/mol. The van der Waals surface area contributed by atoms with E-state index in [0.717, 1.165) is 25.7 Å². The van der Waals surface area contributed by atoms with Crippen LogP contribution in [0.25, 0.3) is 16.7 Å². The Balaban J connectivity index is 0.00000101. The molecule has 0 spiro atoms. The van der Waals surface area contributed by atoms with Crippen LogP contribution in [0, 0.1) is 6.07 Å². The Kier molecular flexibility index (Phi) is 11.9. The van der Waals surface area contributed by atoms with Crippen LogP contribution in [-0.2, 0) is 54.3 Å². The van der Waals surface area contributed by atoms with Gasteiger partial charge in [-0.3, -0.25) is 0 Å². The molecule has 0 amide bonds. The van der Waals surface area contributed by atoms with Crippen molar-refractivity contribution in [2.45, 2.75) is 106 Å². The van der Waals surface area contributed by atoms with E-state index >= 15 is 0 Å². The van der Waals surface area contributed by atoms with Crippen molar-refractivity contribution in [1.29, 1.82) is 0 Å². The van der Waals surface area contributed by atoms with E-state index in [-0.39, 0.29) is 35.6 Å². The Hall–Kier alpha value is -0.747. The summed E-state index contributed by atoms with van der Waals surface area (Å²) in [6, 6.07) is 8.93. The summed E-state index contributed by atoms with van der Waals surface area (Å²) in [6.45, 7) is 22.9. The Morgan fingerprint density at radius 1 is 0.889 bits per heavy atom. The molecule has 0 aromatic heterocycles. The van der Waals surface area contributed by atoms with E-state index in [0.29, 0.717) is 0 Å². The monoisotopic (exact) mass is 599 g/mol. The van der Waals surface area contributed by atoms with E-state index < -0.39 is 0 Å². The van der Waals surface area contributed by atoms with Crippen molar-refractivity contribution in [3.63, 3.8) is 0 Å². The summed E-state index contributed by atoms with van der Waals surface area (Å²) in [5.74, 6) is 0. The number of rotatable bonds is 3. The van der Waals surface area contributed by atoms with E-state index in [1.54, 1.807) is 29.8 Å². The zero-order valence-electron chi connectivity index (χ0n) is 24.0. The summed E-state index contributed by atoms with van der Waals surface area (Å²) in [5.41, 5.74) is 15.0. The van der Waals surface area contributed by atoms with E-state index in [1.807, 2.05) is 0 Å². The average Bonchev–Trinajstić information content (AvgIpc) is 3.37. The van der Waals surface area contributed by atoms with Gasteiger partial charge in [0.2, 0.25) is 0 Å². The summed E-state index contributed by atoms with van der Waals surface area (Å²) >= 11 is 1.55. The van der Waals surface area contributed by atoms with Crippen LogP contribution in [-0.4, -0.2) is 3.21 Å². The smallest absolute Gasteiger partial charge is 1.00 e.